The highest BCUT2D eigenvalue weighted by Gasteiger charge is 1.98. The number of hydrogen-bond donors (Lipinski definition) is 0. The van der Waals surface area contributed by atoms with Crippen LogP contribution < -0.4 is 0 Å². The zero-order valence-electron chi connectivity index (χ0n) is 8.52. The number of aldehydes is 1. The van der Waals surface area contributed by atoms with Crippen molar-refractivity contribution in [2.24, 2.45) is 0 Å². The lowest BCUT2D eigenvalue weighted by Gasteiger charge is -2.14. The van der Waals surface area contributed by atoms with E-state index in [0.717, 1.165) is 25.8 Å². The Hall–Kier alpha value is -1.22. The average molecular weight is 192 g/mol. The first kappa shape index (κ1) is 10.9. The number of carbonyl (C=O) groups is 1. The molecule has 0 atom stereocenters. The summed E-state index contributed by atoms with van der Waals surface area (Å²) < 4.78 is 0. The molecule has 0 fully saturated rings. The van der Waals surface area contributed by atoms with Crippen molar-refractivity contribution in [1.29, 1.82) is 0 Å². The molecule has 1 heterocycles. The van der Waals surface area contributed by atoms with Gasteiger partial charge in [-0.15, -0.1) is 0 Å². The van der Waals surface area contributed by atoms with Gasteiger partial charge in [0.25, 0.3) is 0 Å². The second-order valence-electron chi connectivity index (χ2n) is 3.36. The van der Waals surface area contributed by atoms with Crippen LogP contribution in [0.1, 0.15) is 12.0 Å². The Balaban J connectivity index is 2.23. The van der Waals surface area contributed by atoms with Crippen LogP contribution in [0.2, 0.25) is 0 Å². The average Bonchev–Trinajstić information content (AvgIpc) is 2.25. The van der Waals surface area contributed by atoms with Crippen molar-refractivity contribution in [2.45, 2.75) is 12.8 Å². The molecule has 0 aliphatic heterocycles. The number of carbonyl (C=O) groups excluding carboxylic acids is 1. The standard InChI is InChI=1S/C11H16N2O/c1-13(8-2-10-14)9-5-11-3-6-12-7-4-11/h3-4,6-7,10H,2,5,8-9H2,1H3. The van der Waals surface area contributed by atoms with Gasteiger partial charge in [0.2, 0.25) is 0 Å². The molecule has 1 rings (SSSR count). The highest BCUT2D eigenvalue weighted by atomic mass is 16.1. The minimum Gasteiger partial charge on any atom is -0.306 e. The molecular formula is C11H16N2O. The first-order valence-electron chi connectivity index (χ1n) is 4.84. The molecule has 76 valence electrons. The Bertz CT molecular complexity index is 261. The highest BCUT2D eigenvalue weighted by Crippen LogP contribution is 1.98. The molecule has 1 aromatic rings. The van der Waals surface area contributed by atoms with Crippen molar-refractivity contribution in [3.8, 4) is 0 Å². The van der Waals surface area contributed by atoms with Gasteiger partial charge in [-0.2, -0.15) is 0 Å². The third-order valence-corrected chi connectivity index (χ3v) is 2.16. The maximum absolute atomic E-state index is 10.1. The van der Waals surface area contributed by atoms with Crippen LogP contribution in [0, 0.1) is 0 Å². The summed E-state index contributed by atoms with van der Waals surface area (Å²) in [5.74, 6) is 0. The minimum atomic E-state index is 0.618. The van der Waals surface area contributed by atoms with Crippen molar-refractivity contribution < 1.29 is 4.79 Å². The van der Waals surface area contributed by atoms with E-state index in [1.54, 1.807) is 12.4 Å². The zero-order valence-corrected chi connectivity index (χ0v) is 8.52. The fraction of sp³-hybridized carbons (Fsp3) is 0.455. The summed E-state index contributed by atoms with van der Waals surface area (Å²) in [4.78, 5) is 16.3. The van der Waals surface area contributed by atoms with Crippen LogP contribution in [-0.4, -0.2) is 36.3 Å². The first-order chi connectivity index (χ1) is 6.83. The number of aromatic nitrogens is 1. The SMILES string of the molecule is CN(CCC=O)CCc1ccncc1. The van der Waals surface area contributed by atoms with Crippen molar-refractivity contribution in [3.63, 3.8) is 0 Å². The van der Waals surface area contributed by atoms with Crippen LogP contribution in [0.4, 0.5) is 0 Å². The van der Waals surface area contributed by atoms with Gasteiger partial charge in [-0.05, 0) is 31.2 Å². The summed E-state index contributed by atoms with van der Waals surface area (Å²) in [5, 5.41) is 0. The largest absolute Gasteiger partial charge is 0.306 e. The molecule has 0 radical (unpaired) electrons. The van der Waals surface area contributed by atoms with E-state index in [2.05, 4.69) is 9.88 Å². The Labute approximate surface area is 84.8 Å². The van der Waals surface area contributed by atoms with Crippen molar-refractivity contribution in [3.05, 3.63) is 30.1 Å². The van der Waals surface area contributed by atoms with Crippen molar-refractivity contribution in [2.75, 3.05) is 20.1 Å². The molecule has 0 aromatic carbocycles. The van der Waals surface area contributed by atoms with E-state index in [-0.39, 0.29) is 0 Å². The van der Waals surface area contributed by atoms with Gasteiger partial charge in [0.1, 0.15) is 6.29 Å². The second-order valence-corrected chi connectivity index (χ2v) is 3.36. The predicted octanol–water partition coefficient (Wildman–Crippen LogP) is 1.14. The van der Waals surface area contributed by atoms with E-state index in [1.807, 2.05) is 19.2 Å². The summed E-state index contributed by atoms with van der Waals surface area (Å²) in [6, 6.07) is 4.04. The van der Waals surface area contributed by atoms with E-state index >= 15 is 0 Å². The molecule has 0 unspecified atom stereocenters. The van der Waals surface area contributed by atoms with E-state index in [4.69, 9.17) is 0 Å². The van der Waals surface area contributed by atoms with E-state index in [9.17, 15) is 4.79 Å². The predicted molar refractivity (Wildman–Crippen MR) is 56.1 cm³/mol. The fourth-order valence-corrected chi connectivity index (χ4v) is 1.25. The smallest absolute Gasteiger partial charge is 0.121 e. The number of hydrogen-bond acceptors (Lipinski definition) is 3. The van der Waals surface area contributed by atoms with Gasteiger partial charge in [-0.3, -0.25) is 4.98 Å². The van der Waals surface area contributed by atoms with Crippen LogP contribution >= 0.6 is 0 Å². The Morgan fingerprint density at radius 1 is 1.36 bits per heavy atom. The summed E-state index contributed by atoms with van der Waals surface area (Å²) in [6.45, 7) is 1.83. The third kappa shape index (κ3) is 4.14. The maximum atomic E-state index is 10.1. The van der Waals surface area contributed by atoms with Crippen LogP contribution in [0.5, 0.6) is 0 Å². The van der Waals surface area contributed by atoms with Gasteiger partial charge in [0, 0.05) is 31.9 Å². The normalized spacial score (nSPS) is 10.4. The van der Waals surface area contributed by atoms with Gasteiger partial charge in [0.15, 0.2) is 0 Å². The molecule has 0 bridgehead atoms. The third-order valence-electron chi connectivity index (χ3n) is 2.16. The summed E-state index contributed by atoms with van der Waals surface area (Å²) in [6.07, 6.45) is 6.20. The molecule has 3 heteroatoms. The molecule has 0 N–H and O–H groups in total. The number of pyridine rings is 1. The zero-order chi connectivity index (χ0) is 10.2. The van der Waals surface area contributed by atoms with Gasteiger partial charge < -0.3 is 9.69 Å². The molecule has 0 aliphatic carbocycles. The lowest BCUT2D eigenvalue weighted by Crippen LogP contribution is -2.22. The summed E-state index contributed by atoms with van der Waals surface area (Å²) in [5.41, 5.74) is 1.29. The van der Waals surface area contributed by atoms with Crippen LogP contribution in [-0.2, 0) is 11.2 Å². The molecular weight excluding hydrogens is 176 g/mol. The van der Waals surface area contributed by atoms with Gasteiger partial charge in [-0.25, -0.2) is 0 Å². The molecule has 0 amide bonds. The molecule has 0 aliphatic rings. The molecule has 0 saturated carbocycles. The maximum Gasteiger partial charge on any atom is 0.121 e. The first-order valence-corrected chi connectivity index (χ1v) is 4.84. The number of likely N-dealkylation sites (N-methyl/N-ethyl adjacent to an activating group) is 1. The fourth-order valence-electron chi connectivity index (χ4n) is 1.25. The van der Waals surface area contributed by atoms with Gasteiger partial charge in [0.05, 0.1) is 0 Å². The summed E-state index contributed by atoms with van der Waals surface area (Å²) >= 11 is 0. The topological polar surface area (TPSA) is 33.2 Å². The Morgan fingerprint density at radius 3 is 2.71 bits per heavy atom. The number of nitrogens with zero attached hydrogens (tertiary/aromatic N) is 2. The van der Waals surface area contributed by atoms with E-state index < -0.39 is 0 Å². The molecule has 14 heavy (non-hydrogen) atoms. The quantitative estimate of drug-likeness (QED) is 0.634. The van der Waals surface area contributed by atoms with Crippen LogP contribution in [0.3, 0.4) is 0 Å². The monoisotopic (exact) mass is 192 g/mol. The minimum absolute atomic E-state index is 0.618. The van der Waals surface area contributed by atoms with Gasteiger partial charge in [-0.1, -0.05) is 0 Å². The highest BCUT2D eigenvalue weighted by molar-refractivity contribution is 5.49. The Kier molecular flexibility index (Phi) is 4.86. The summed E-state index contributed by atoms with van der Waals surface area (Å²) in [7, 11) is 2.03. The van der Waals surface area contributed by atoms with Crippen LogP contribution in [0.15, 0.2) is 24.5 Å². The van der Waals surface area contributed by atoms with Gasteiger partial charge >= 0.3 is 0 Å². The molecule has 0 saturated heterocycles. The second kappa shape index (κ2) is 6.27. The lowest BCUT2D eigenvalue weighted by molar-refractivity contribution is -0.108. The Morgan fingerprint density at radius 2 is 2.07 bits per heavy atom. The van der Waals surface area contributed by atoms with E-state index in [1.165, 1.54) is 5.56 Å². The number of rotatable bonds is 6. The molecule has 1 aromatic heterocycles. The van der Waals surface area contributed by atoms with E-state index in [0.29, 0.717) is 6.42 Å². The van der Waals surface area contributed by atoms with Crippen molar-refractivity contribution >= 4 is 6.29 Å². The molecule has 3 nitrogen and oxygen atoms in total. The van der Waals surface area contributed by atoms with Crippen molar-refractivity contribution in [1.82, 2.24) is 9.88 Å². The van der Waals surface area contributed by atoms with Crippen LogP contribution in [0.25, 0.3) is 0 Å². The lowest BCUT2D eigenvalue weighted by atomic mass is 10.2. The molecule has 0 spiro atoms.